The zero-order chi connectivity index (χ0) is 37.0. The number of ether oxygens (including phenoxy) is 2. The third-order valence-electron chi connectivity index (χ3n) is 8.97. The number of aromatic nitrogens is 2. The lowest BCUT2D eigenvalue weighted by Crippen LogP contribution is -2.29. The minimum Gasteiger partial charge on any atom is -0.461 e. The second-order valence-electron chi connectivity index (χ2n) is 13.7. The molecule has 0 N–H and O–H groups in total. The first-order chi connectivity index (χ1) is 25.0. The molecule has 0 atom stereocenters. The molecular formula is C42H73N3O6. The smallest absolute Gasteiger partial charge is 0.325 e. The Bertz CT molecular complexity index is 1000. The van der Waals surface area contributed by atoms with Gasteiger partial charge in [-0.3, -0.25) is 14.4 Å². The van der Waals surface area contributed by atoms with Gasteiger partial charge in [0.25, 0.3) is 0 Å². The Morgan fingerprint density at radius 3 is 1.57 bits per heavy atom. The van der Waals surface area contributed by atoms with E-state index < -0.39 is 0 Å². The lowest BCUT2D eigenvalue weighted by molar-refractivity contribution is -0.191. The predicted molar refractivity (Wildman–Crippen MR) is 207 cm³/mol. The number of hydrogen-bond acceptors (Lipinski definition) is 8. The summed E-state index contributed by atoms with van der Waals surface area (Å²) in [4.78, 5) is 46.8. The highest BCUT2D eigenvalue weighted by Crippen LogP contribution is 2.12. The fourth-order valence-corrected chi connectivity index (χ4v) is 5.78. The molecule has 0 fully saturated rings. The fraction of sp³-hybridized carbons (Fsp3) is 0.762. The van der Waals surface area contributed by atoms with Gasteiger partial charge >= 0.3 is 17.9 Å². The molecule has 9 nitrogen and oxygen atoms in total. The number of hydroxylamine groups is 2. The number of rotatable bonds is 35. The number of hydrogen-bond donors (Lipinski definition) is 0. The number of carbonyl (C=O) groups is 3. The van der Waals surface area contributed by atoms with Gasteiger partial charge in [0.1, 0.15) is 19.0 Å². The molecule has 1 heterocycles. The van der Waals surface area contributed by atoms with E-state index in [-0.39, 0.29) is 17.9 Å². The topological polar surface area (TPSA) is 100.0 Å². The summed E-state index contributed by atoms with van der Waals surface area (Å²) in [5.41, 5.74) is 0. The van der Waals surface area contributed by atoms with E-state index in [2.05, 4.69) is 31.0 Å². The van der Waals surface area contributed by atoms with E-state index >= 15 is 0 Å². The number of allylic oxidation sites excluding steroid dienone is 2. The van der Waals surface area contributed by atoms with E-state index in [1.165, 1.54) is 51.4 Å². The van der Waals surface area contributed by atoms with Crippen molar-refractivity contribution in [2.24, 2.45) is 0 Å². The van der Waals surface area contributed by atoms with Crippen molar-refractivity contribution >= 4 is 17.9 Å². The molecule has 1 aromatic rings. The molecule has 0 unspecified atom stereocenters. The molecule has 0 bridgehead atoms. The molecular weight excluding hydrogens is 642 g/mol. The van der Waals surface area contributed by atoms with E-state index in [1.807, 2.05) is 34.9 Å². The van der Waals surface area contributed by atoms with Crippen LogP contribution in [0.3, 0.4) is 0 Å². The van der Waals surface area contributed by atoms with Crippen molar-refractivity contribution in [3.8, 4) is 0 Å². The summed E-state index contributed by atoms with van der Waals surface area (Å²) in [5.74, 6) is 0.508. The summed E-state index contributed by atoms with van der Waals surface area (Å²) in [6.45, 7) is 9.28. The Morgan fingerprint density at radius 2 is 1.08 bits per heavy atom. The number of nitrogens with zero attached hydrogens (tertiary/aromatic N) is 3. The molecule has 9 heteroatoms. The van der Waals surface area contributed by atoms with Crippen LogP contribution in [0.25, 0.3) is 0 Å². The van der Waals surface area contributed by atoms with Crippen LogP contribution < -0.4 is 0 Å². The van der Waals surface area contributed by atoms with Crippen LogP contribution in [0.4, 0.5) is 0 Å². The van der Waals surface area contributed by atoms with E-state index in [4.69, 9.17) is 14.3 Å². The number of imidazole rings is 1. The number of aryl methyl sites for hydroxylation is 2. The third-order valence-corrected chi connectivity index (χ3v) is 8.97. The van der Waals surface area contributed by atoms with Gasteiger partial charge in [0.2, 0.25) is 0 Å². The Labute approximate surface area is 310 Å². The summed E-state index contributed by atoms with van der Waals surface area (Å²) in [5, 5.41) is 1.84. The Morgan fingerprint density at radius 1 is 0.608 bits per heavy atom. The minimum absolute atomic E-state index is 0.122. The van der Waals surface area contributed by atoms with E-state index in [0.29, 0.717) is 52.0 Å². The van der Waals surface area contributed by atoms with Gasteiger partial charge in [-0.15, -0.1) is 5.06 Å². The maximum atomic E-state index is 12.7. The number of esters is 2. The summed E-state index contributed by atoms with van der Waals surface area (Å²) >= 11 is 0. The Hall–Kier alpha value is -2.94. The van der Waals surface area contributed by atoms with Crippen LogP contribution in [0.15, 0.2) is 36.7 Å². The van der Waals surface area contributed by atoms with Crippen molar-refractivity contribution in [2.75, 3.05) is 26.3 Å². The molecule has 1 aromatic heterocycles. The standard InChI is InChI=1S/C42H73N3O6/c1-4-6-8-10-12-20-26-37-49-40(46)29-22-16-14-18-24-34-45(51-42(48)31-28-33-44-36-32-43-39(44)3)35-25-19-15-17-23-30-41(47)50-38-27-21-13-11-9-7-5-2/h20-21,26-27,32,36H,4-19,22-25,28-31,33-35,37-38H2,1-3H3/b26-20-,27-21-. The van der Waals surface area contributed by atoms with Crippen LogP contribution in [-0.4, -0.2) is 58.8 Å². The number of carbonyl (C=O) groups excluding carboxylic acids is 3. The molecule has 1 rings (SSSR count). The van der Waals surface area contributed by atoms with Gasteiger partial charge in [-0.05, 0) is 64.7 Å². The molecule has 0 spiro atoms. The molecule has 0 aliphatic carbocycles. The lowest BCUT2D eigenvalue weighted by Gasteiger charge is -2.21. The molecule has 292 valence electrons. The van der Waals surface area contributed by atoms with Crippen molar-refractivity contribution in [2.45, 2.75) is 181 Å². The van der Waals surface area contributed by atoms with Gasteiger partial charge in [-0.1, -0.05) is 115 Å². The normalized spacial score (nSPS) is 11.6. The highest BCUT2D eigenvalue weighted by atomic mass is 16.7. The Balaban J connectivity index is 2.24. The monoisotopic (exact) mass is 716 g/mol. The maximum absolute atomic E-state index is 12.7. The van der Waals surface area contributed by atoms with Crippen molar-refractivity contribution < 1.29 is 28.7 Å². The third kappa shape index (κ3) is 29.3. The highest BCUT2D eigenvalue weighted by molar-refractivity contribution is 5.69. The van der Waals surface area contributed by atoms with Crippen LogP contribution in [0, 0.1) is 6.92 Å². The average molecular weight is 716 g/mol. The first-order valence-electron chi connectivity index (χ1n) is 20.5. The van der Waals surface area contributed by atoms with Crippen molar-refractivity contribution in [3.05, 3.63) is 42.5 Å². The summed E-state index contributed by atoms with van der Waals surface area (Å²) in [6.07, 6.45) is 35.6. The molecule has 51 heavy (non-hydrogen) atoms. The average Bonchev–Trinajstić information content (AvgIpc) is 3.53. The molecule has 0 aromatic carbocycles. The van der Waals surface area contributed by atoms with Gasteiger partial charge < -0.3 is 18.9 Å². The van der Waals surface area contributed by atoms with Crippen molar-refractivity contribution in [3.63, 3.8) is 0 Å². The second kappa shape index (κ2) is 34.2. The van der Waals surface area contributed by atoms with E-state index in [9.17, 15) is 14.4 Å². The van der Waals surface area contributed by atoms with Gasteiger partial charge in [0, 0.05) is 51.3 Å². The van der Waals surface area contributed by atoms with Gasteiger partial charge in [0.05, 0.1) is 0 Å². The largest absolute Gasteiger partial charge is 0.461 e. The minimum atomic E-state index is -0.192. The zero-order valence-corrected chi connectivity index (χ0v) is 32.8. The van der Waals surface area contributed by atoms with Crippen LogP contribution in [0.5, 0.6) is 0 Å². The maximum Gasteiger partial charge on any atom is 0.325 e. The van der Waals surface area contributed by atoms with Crippen LogP contribution in [0.2, 0.25) is 0 Å². The predicted octanol–water partition coefficient (Wildman–Crippen LogP) is 10.6. The van der Waals surface area contributed by atoms with Crippen molar-refractivity contribution in [1.29, 1.82) is 0 Å². The Kier molecular flexibility index (Phi) is 30.9. The lowest BCUT2D eigenvalue weighted by atomic mass is 10.1. The van der Waals surface area contributed by atoms with E-state index in [1.54, 1.807) is 6.20 Å². The molecule has 0 amide bonds. The summed E-state index contributed by atoms with van der Waals surface area (Å²) in [7, 11) is 0. The van der Waals surface area contributed by atoms with Crippen LogP contribution in [0.1, 0.15) is 174 Å². The second-order valence-corrected chi connectivity index (χ2v) is 13.7. The van der Waals surface area contributed by atoms with Crippen LogP contribution >= 0.6 is 0 Å². The van der Waals surface area contributed by atoms with Crippen molar-refractivity contribution in [1.82, 2.24) is 14.6 Å². The van der Waals surface area contributed by atoms with Gasteiger partial charge in [-0.2, -0.15) is 0 Å². The van der Waals surface area contributed by atoms with Gasteiger partial charge in [0.15, 0.2) is 0 Å². The molecule has 0 aliphatic heterocycles. The SMILES string of the molecule is CCCCCC/C=C\COC(=O)CCCCCCCN(CCCCCCCC(=O)OC/C=C\CCCCCC)OC(=O)CCCn1ccnc1C. The summed E-state index contributed by atoms with van der Waals surface area (Å²) in [6, 6.07) is 0. The molecule has 0 saturated carbocycles. The zero-order valence-electron chi connectivity index (χ0n) is 32.8. The summed E-state index contributed by atoms with van der Waals surface area (Å²) < 4.78 is 12.7. The van der Waals surface area contributed by atoms with Crippen LogP contribution in [-0.2, 0) is 35.2 Å². The highest BCUT2D eigenvalue weighted by Gasteiger charge is 2.12. The quantitative estimate of drug-likeness (QED) is 0.0296. The molecule has 0 saturated heterocycles. The van der Waals surface area contributed by atoms with E-state index in [0.717, 1.165) is 89.4 Å². The first kappa shape index (κ1) is 46.1. The number of unbranched alkanes of at least 4 members (excludes halogenated alkanes) is 16. The molecule has 0 aliphatic rings. The molecule has 0 radical (unpaired) electrons. The van der Waals surface area contributed by atoms with Gasteiger partial charge in [-0.25, -0.2) is 4.98 Å². The fourth-order valence-electron chi connectivity index (χ4n) is 5.78. The first-order valence-corrected chi connectivity index (χ1v) is 20.5.